The maximum Gasteiger partial charge on any atom is 0.323 e. The Hall–Kier alpha value is -1.35. The molecule has 19 heavy (non-hydrogen) atoms. The Bertz CT molecular complexity index is 422. The molecule has 0 saturated carbocycles. The van der Waals surface area contributed by atoms with E-state index in [2.05, 4.69) is 29.6 Å². The lowest BCUT2D eigenvalue weighted by Crippen LogP contribution is -2.37. The molecule has 1 saturated heterocycles. The van der Waals surface area contributed by atoms with Gasteiger partial charge < -0.3 is 10.1 Å². The van der Waals surface area contributed by atoms with Gasteiger partial charge in [-0.05, 0) is 51.6 Å². The lowest BCUT2D eigenvalue weighted by Gasteiger charge is -2.22. The van der Waals surface area contributed by atoms with Gasteiger partial charge in [-0.2, -0.15) is 0 Å². The van der Waals surface area contributed by atoms with Crippen molar-refractivity contribution in [3.8, 4) is 0 Å². The van der Waals surface area contributed by atoms with Gasteiger partial charge in [-0.3, -0.25) is 4.79 Å². The van der Waals surface area contributed by atoms with Crippen LogP contribution in [0, 0.1) is 5.92 Å². The second-order valence-electron chi connectivity index (χ2n) is 6.29. The molecule has 1 aliphatic heterocycles. The molecule has 1 heterocycles. The van der Waals surface area contributed by atoms with Gasteiger partial charge in [0.25, 0.3) is 0 Å². The minimum atomic E-state index is -0.406. The summed E-state index contributed by atoms with van der Waals surface area (Å²) in [7, 11) is 0. The van der Waals surface area contributed by atoms with Crippen molar-refractivity contribution in [2.75, 3.05) is 6.54 Å². The topological polar surface area (TPSA) is 38.3 Å². The fraction of sp³-hybridized carbons (Fsp3) is 0.562. The average molecular weight is 261 g/mol. The summed E-state index contributed by atoms with van der Waals surface area (Å²) in [5, 5.41) is 3.27. The van der Waals surface area contributed by atoms with Crippen LogP contribution in [0.2, 0.25) is 0 Å². The second kappa shape index (κ2) is 5.74. The molecule has 1 N–H and O–H groups in total. The molecule has 3 heteroatoms. The van der Waals surface area contributed by atoms with Crippen molar-refractivity contribution < 1.29 is 9.53 Å². The molecule has 0 spiro atoms. The molecule has 104 valence electrons. The molecule has 1 aromatic rings. The van der Waals surface area contributed by atoms with Gasteiger partial charge in [-0.15, -0.1) is 0 Å². The van der Waals surface area contributed by atoms with Gasteiger partial charge in [0.1, 0.15) is 11.6 Å². The third-order valence-electron chi connectivity index (χ3n) is 3.28. The zero-order valence-electron chi connectivity index (χ0n) is 12.0. The highest BCUT2D eigenvalue weighted by atomic mass is 16.6. The summed E-state index contributed by atoms with van der Waals surface area (Å²) >= 11 is 0. The Kier molecular flexibility index (Phi) is 4.25. The van der Waals surface area contributed by atoms with Crippen molar-refractivity contribution in [2.45, 2.75) is 45.3 Å². The number of nitrogens with one attached hydrogen (secondary N) is 1. The van der Waals surface area contributed by atoms with Crippen LogP contribution in [0.3, 0.4) is 0 Å². The van der Waals surface area contributed by atoms with E-state index in [1.165, 1.54) is 5.56 Å². The van der Waals surface area contributed by atoms with Gasteiger partial charge >= 0.3 is 5.97 Å². The van der Waals surface area contributed by atoms with Gasteiger partial charge in [-0.25, -0.2) is 0 Å². The zero-order valence-corrected chi connectivity index (χ0v) is 12.0. The van der Waals surface area contributed by atoms with Crippen molar-refractivity contribution in [2.24, 2.45) is 5.92 Å². The van der Waals surface area contributed by atoms with Crippen LogP contribution in [0.25, 0.3) is 0 Å². The van der Waals surface area contributed by atoms with Gasteiger partial charge in [0, 0.05) is 0 Å². The van der Waals surface area contributed by atoms with E-state index < -0.39 is 5.60 Å². The molecule has 1 fully saturated rings. The number of carbonyl (C=O) groups excluding carboxylic acids is 1. The number of hydrogen-bond donors (Lipinski definition) is 1. The monoisotopic (exact) mass is 261 g/mol. The first-order valence-corrected chi connectivity index (χ1v) is 6.94. The highest BCUT2D eigenvalue weighted by Crippen LogP contribution is 2.21. The molecule has 2 atom stereocenters. The fourth-order valence-electron chi connectivity index (χ4n) is 2.46. The van der Waals surface area contributed by atoms with Crippen molar-refractivity contribution in [3.05, 3.63) is 35.9 Å². The first-order valence-electron chi connectivity index (χ1n) is 6.94. The molecule has 0 aromatic heterocycles. The maximum atomic E-state index is 12.0. The molecule has 0 bridgehead atoms. The Morgan fingerprint density at radius 2 is 2.00 bits per heavy atom. The van der Waals surface area contributed by atoms with E-state index in [1.807, 2.05) is 26.8 Å². The van der Waals surface area contributed by atoms with Crippen molar-refractivity contribution >= 4 is 5.97 Å². The summed E-state index contributed by atoms with van der Waals surface area (Å²) in [6.07, 6.45) is 1.89. The van der Waals surface area contributed by atoms with Crippen LogP contribution in [0.4, 0.5) is 0 Å². The van der Waals surface area contributed by atoms with Crippen LogP contribution < -0.4 is 5.32 Å². The maximum absolute atomic E-state index is 12.0. The van der Waals surface area contributed by atoms with E-state index in [4.69, 9.17) is 4.74 Å². The lowest BCUT2D eigenvalue weighted by molar-refractivity contribution is -0.157. The van der Waals surface area contributed by atoms with E-state index in [9.17, 15) is 4.79 Å². The number of ether oxygens (including phenoxy) is 1. The third-order valence-corrected chi connectivity index (χ3v) is 3.28. The van der Waals surface area contributed by atoms with Gasteiger partial charge in [0.05, 0.1) is 0 Å². The second-order valence-corrected chi connectivity index (χ2v) is 6.29. The first kappa shape index (κ1) is 14.1. The first-order chi connectivity index (χ1) is 8.94. The SMILES string of the molecule is CC(C)(C)OC(=O)[C@@H]1C[C@H](Cc2ccccc2)CN1. The summed E-state index contributed by atoms with van der Waals surface area (Å²) in [5.74, 6) is 0.392. The van der Waals surface area contributed by atoms with Crippen molar-refractivity contribution in [1.82, 2.24) is 5.32 Å². The third kappa shape index (κ3) is 4.35. The number of hydrogen-bond acceptors (Lipinski definition) is 3. The summed E-state index contributed by atoms with van der Waals surface area (Å²) in [6.45, 7) is 6.60. The summed E-state index contributed by atoms with van der Waals surface area (Å²) in [6, 6.07) is 10.3. The average Bonchev–Trinajstić information content (AvgIpc) is 2.77. The van der Waals surface area contributed by atoms with Crippen LogP contribution in [0.5, 0.6) is 0 Å². The molecule has 1 aliphatic rings. The fourth-order valence-corrected chi connectivity index (χ4v) is 2.46. The van der Waals surface area contributed by atoms with Crippen LogP contribution in [-0.4, -0.2) is 24.2 Å². The lowest BCUT2D eigenvalue weighted by atomic mass is 9.97. The quantitative estimate of drug-likeness (QED) is 0.850. The van der Waals surface area contributed by atoms with Gasteiger partial charge in [0.15, 0.2) is 0 Å². The summed E-state index contributed by atoms with van der Waals surface area (Å²) in [4.78, 5) is 12.0. The normalized spacial score (nSPS) is 23.3. The predicted molar refractivity (Wildman–Crippen MR) is 75.9 cm³/mol. The van der Waals surface area contributed by atoms with Gasteiger partial charge in [-0.1, -0.05) is 30.3 Å². The van der Waals surface area contributed by atoms with Crippen LogP contribution >= 0.6 is 0 Å². The van der Waals surface area contributed by atoms with E-state index in [-0.39, 0.29) is 12.0 Å². The molecule has 1 aromatic carbocycles. The molecular formula is C16H23NO2. The Morgan fingerprint density at radius 1 is 1.32 bits per heavy atom. The molecule has 3 nitrogen and oxygen atoms in total. The van der Waals surface area contributed by atoms with Crippen LogP contribution in [-0.2, 0) is 16.0 Å². The van der Waals surface area contributed by atoms with E-state index in [0.717, 1.165) is 19.4 Å². The minimum Gasteiger partial charge on any atom is -0.459 e. The Labute approximate surface area is 115 Å². The number of carbonyl (C=O) groups is 1. The molecule has 2 rings (SSSR count). The molecule has 0 aliphatic carbocycles. The van der Waals surface area contributed by atoms with Crippen molar-refractivity contribution in [3.63, 3.8) is 0 Å². The molecule has 0 radical (unpaired) electrons. The molecule has 0 amide bonds. The summed E-state index contributed by atoms with van der Waals surface area (Å²) < 4.78 is 5.42. The van der Waals surface area contributed by atoms with Gasteiger partial charge in [0.2, 0.25) is 0 Å². The zero-order chi connectivity index (χ0) is 13.9. The Morgan fingerprint density at radius 3 is 2.63 bits per heavy atom. The number of esters is 1. The van der Waals surface area contributed by atoms with Crippen LogP contribution in [0.15, 0.2) is 30.3 Å². The standard InChI is InChI=1S/C16H23NO2/c1-16(2,3)19-15(18)14-10-13(11-17-14)9-12-7-5-4-6-8-12/h4-8,13-14,17H,9-11H2,1-3H3/t13-,14-/m0/s1. The smallest absolute Gasteiger partial charge is 0.323 e. The number of rotatable bonds is 3. The highest BCUT2D eigenvalue weighted by Gasteiger charge is 2.32. The molecule has 0 unspecified atom stereocenters. The predicted octanol–water partition coefficient (Wildman–Crippen LogP) is 2.55. The van der Waals surface area contributed by atoms with E-state index in [0.29, 0.717) is 5.92 Å². The van der Waals surface area contributed by atoms with E-state index >= 15 is 0 Å². The van der Waals surface area contributed by atoms with E-state index in [1.54, 1.807) is 0 Å². The summed E-state index contributed by atoms with van der Waals surface area (Å²) in [5.41, 5.74) is 0.926. The largest absolute Gasteiger partial charge is 0.459 e. The highest BCUT2D eigenvalue weighted by molar-refractivity contribution is 5.76. The minimum absolute atomic E-state index is 0.122. The number of benzene rings is 1. The van der Waals surface area contributed by atoms with Crippen LogP contribution in [0.1, 0.15) is 32.8 Å². The van der Waals surface area contributed by atoms with Crippen molar-refractivity contribution in [1.29, 1.82) is 0 Å². The molecular weight excluding hydrogens is 238 g/mol. The Balaban J connectivity index is 1.85.